The van der Waals surface area contributed by atoms with Crippen LogP contribution in [0.3, 0.4) is 0 Å². The normalized spacial score (nSPS) is 12.9. The van der Waals surface area contributed by atoms with Crippen LogP contribution in [-0.4, -0.2) is 36.0 Å². The van der Waals surface area contributed by atoms with Gasteiger partial charge in [0.05, 0.1) is 5.56 Å². The molecule has 27 heavy (non-hydrogen) atoms. The van der Waals surface area contributed by atoms with Gasteiger partial charge in [-0.05, 0) is 27.7 Å². The van der Waals surface area contributed by atoms with E-state index in [9.17, 15) is 22.0 Å². The van der Waals surface area contributed by atoms with Gasteiger partial charge in [-0.2, -0.15) is 22.0 Å². The number of pyridine rings is 1. The molecule has 0 saturated carbocycles. The number of aryl methyl sites for hydroxylation is 1. The molecule has 0 aliphatic rings. The molecule has 12 heteroatoms. The van der Waals surface area contributed by atoms with Crippen LogP contribution < -0.4 is 0 Å². The van der Waals surface area contributed by atoms with E-state index in [-0.39, 0.29) is 11.2 Å². The summed E-state index contributed by atoms with van der Waals surface area (Å²) in [5, 5.41) is 0.781. The minimum Gasteiger partial charge on any atom is -0.316 e. The number of imidazole rings is 2. The van der Waals surface area contributed by atoms with Gasteiger partial charge in [0.2, 0.25) is 0 Å². The summed E-state index contributed by atoms with van der Waals surface area (Å²) < 4.78 is 69.0. The summed E-state index contributed by atoms with van der Waals surface area (Å²) in [6.45, 7) is 1.96. The average molecular weight is 470 g/mol. The van der Waals surface area contributed by atoms with Gasteiger partial charge in [-0.3, -0.25) is 0 Å². The highest BCUT2D eigenvalue weighted by Gasteiger charge is 2.59. The van der Waals surface area contributed by atoms with Gasteiger partial charge in [0.1, 0.15) is 16.2 Å². The molecule has 146 valence electrons. The highest BCUT2D eigenvalue weighted by molar-refractivity contribution is 9.10. The van der Waals surface area contributed by atoms with Crippen molar-refractivity contribution < 1.29 is 22.0 Å². The lowest BCUT2D eigenvalue weighted by Gasteiger charge is -2.19. The van der Waals surface area contributed by atoms with Crippen molar-refractivity contribution in [2.75, 3.05) is 5.75 Å². The molecule has 0 saturated heterocycles. The van der Waals surface area contributed by atoms with E-state index in [0.717, 1.165) is 10.8 Å². The Hall–Kier alpha value is -1.69. The van der Waals surface area contributed by atoms with Crippen molar-refractivity contribution in [1.82, 2.24) is 24.1 Å². The fraction of sp³-hybridized carbons (Fsp3) is 0.400. The fourth-order valence-corrected chi connectivity index (χ4v) is 3.83. The second-order valence-electron chi connectivity index (χ2n) is 5.66. The van der Waals surface area contributed by atoms with Crippen LogP contribution in [0.15, 0.2) is 22.0 Å². The van der Waals surface area contributed by atoms with E-state index >= 15 is 0 Å². The predicted octanol–water partition coefficient (Wildman–Crippen LogP) is 4.90. The zero-order valence-corrected chi connectivity index (χ0v) is 16.7. The molecule has 0 N–H and O–H groups in total. The van der Waals surface area contributed by atoms with Crippen LogP contribution in [-0.2, 0) is 20.0 Å². The Morgan fingerprint density at radius 1 is 1.11 bits per heavy atom. The van der Waals surface area contributed by atoms with Crippen LogP contribution in [0.25, 0.3) is 22.7 Å². The van der Waals surface area contributed by atoms with Gasteiger partial charge in [0.25, 0.3) is 0 Å². The number of rotatable bonds is 4. The molecule has 0 aliphatic carbocycles. The number of halogens is 6. The monoisotopic (exact) mass is 469 g/mol. The summed E-state index contributed by atoms with van der Waals surface area (Å²) in [6.07, 6.45) is -5.19. The third-order valence-electron chi connectivity index (χ3n) is 3.91. The Morgan fingerprint density at radius 2 is 1.78 bits per heavy atom. The van der Waals surface area contributed by atoms with Crippen molar-refractivity contribution in [2.24, 2.45) is 14.1 Å². The van der Waals surface area contributed by atoms with E-state index in [4.69, 9.17) is 0 Å². The summed E-state index contributed by atoms with van der Waals surface area (Å²) in [6, 6.07) is 0.712. The van der Waals surface area contributed by atoms with Crippen molar-refractivity contribution in [2.45, 2.75) is 24.0 Å². The third-order valence-corrected chi connectivity index (χ3v) is 5.65. The SMILES string of the molecule is CCSc1c(-c2nc3cc(C(F)(F)C(F)(F)F)cnc3n2C)nc(Br)n1C. The molecule has 0 amide bonds. The maximum absolute atomic E-state index is 13.6. The predicted molar refractivity (Wildman–Crippen MR) is 94.8 cm³/mol. The summed E-state index contributed by atoms with van der Waals surface area (Å²) in [4.78, 5) is 12.4. The summed E-state index contributed by atoms with van der Waals surface area (Å²) in [5.74, 6) is -3.94. The average Bonchev–Trinajstić information content (AvgIpc) is 3.05. The lowest BCUT2D eigenvalue weighted by atomic mass is 10.1. The maximum Gasteiger partial charge on any atom is 0.458 e. The molecule has 0 unspecified atom stereocenters. The van der Waals surface area contributed by atoms with E-state index in [1.54, 1.807) is 18.7 Å². The van der Waals surface area contributed by atoms with Crippen molar-refractivity contribution in [3.05, 3.63) is 22.6 Å². The van der Waals surface area contributed by atoms with Gasteiger partial charge in [0.15, 0.2) is 16.2 Å². The fourth-order valence-electron chi connectivity index (χ4n) is 2.53. The minimum absolute atomic E-state index is 0.0665. The number of fused-ring (bicyclic) bond motifs is 1. The van der Waals surface area contributed by atoms with Crippen molar-refractivity contribution >= 4 is 38.9 Å². The smallest absolute Gasteiger partial charge is 0.316 e. The van der Waals surface area contributed by atoms with E-state index in [1.165, 1.54) is 16.3 Å². The van der Waals surface area contributed by atoms with Crippen LogP contribution >= 0.6 is 27.7 Å². The molecule has 3 aromatic rings. The minimum atomic E-state index is -5.71. The molecule has 0 bridgehead atoms. The molecule has 0 aromatic carbocycles. The van der Waals surface area contributed by atoms with Crippen LogP contribution in [0, 0.1) is 0 Å². The van der Waals surface area contributed by atoms with Gasteiger partial charge in [-0.15, -0.1) is 11.8 Å². The van der Waals surface area contributed by atoms with Crippen molar-refractivity contribution in [3.8, 4) is 11.5 Å². The highest BCUT2D eigenvalue weighted by atomic mass is 79.9. The van der Waals surface area contributed by atoms with Gasteiger partial charge >= 0.3 is 12.1 Å². The molecular weight excluding hydrogens is 457 g/mol. The van der Waals surface area contributed by atoms with Gasteiger partial charge in [-0.1, -0.05) is 6.92 Å². The zero-order chi connectivity index (χ0) is 20.1. The zero-order valence-electron chi connectivity index (χ0n) is 14.3. The molecule has 0 aliphatic heterocycles. The number of thioether (sulfide) groups is 1. The topological polar surface area (TPSA) is 48.5 Å². The first-order valence-electron chi connectivity index (χ1n) is 7.61. The Kier molecular flexibility index (Phi) is 5.00. The third kappa shape index (κ3) is 3.22. The number of hydrogen-bond acceptors (Lipinski definition) is 4. The summed E-state index contributed by atoms with van der Waals surface area (Å²) in [7, 11) is 3.39. The summed E-state index contributed by atoms with van der Waals surface area (Å²) in [5.41, 5.74) is -0.650. The molecule has 0 fully saturated rings. The molecule has 3 heterocycles. The van der Waals surface area contributed by atoms with Gasteiger partial charge < -0.3 is 9.13 Å². The maximum atomic E-state index is 13.6. The molecule has 3 rings (SSSR count). The number of nitrogens with zero attached hydrogens (tertiary/aromatic N) is 5. The summed E-state index contributed by atoms with van der Waals surface area (Å²) >= 11 is 4.83. The van der Waals surface area contributed by atoms with Crippen LogP contribution in [0.4, 0.5) is 22.0 Å². The second-order valence-corrected chi connectivity index (χ2v) is 7.62. The number of aromatic nitrogens is 5. The molecule has 0 spiro atoms. The molecule has 0 atom stereocenters. The van der Waals surface area contributed by atoms with Crippen LogP contribution in [0.1, 0.15) is 12.5 Å². The first kappa shape index (κ1) is 20.1. The van der Waals surface area contributed by atoms with Gasteiger partial charge in [0, 0.05) is 20.3 Å². The Labute approximate surface area is 163 Å². The molecule has 5 nitrogen and oxygen atoms in total. The first-order valence-corrected chi connectivity index (χ1v) is 9.39. The first-order chi connectivity index (χ1) is 12.5. The molecule has 3 aromatic heterocycles. The van der Waals surface area contributed by atoms with E-state index in [1.807, 2.05) is 6.92 Å². The lowest BCUT2D eigenvalue weighted by molar-refractivity contribution is -0.289. The second kappa shape index (κ2) is 6.73. The number of alkyl halides is 5. The molecule has 0 radical (unpaired) electrons. The Morgan fingerprint density at radius 3 is 2.37 bits per heavy atom. The number of hydrogen-bond donors (Lipinski definition) is 0. The van der Waals surface area contributed by atoms with E-state index in [0.29, 0.717) is 28.5 Å². The Balaban J connectivity index is 2.18. The van der Waals surface area contributed by atoms with Gasteiger partial charge in [-0.25, -0.2) is 15.0 Å². The van der Waals surface area contributed by atoms with Crippen molar-refractivity contribution in [1.29, 1.82) is 0 Å². The van der Waals surface area contributed by atoms with E-state index in [2.05, 4.69) is 30.9 Å². The lowest BCUT2D eigenvalue weighted by Crippen LogP contribution is -2.33. The molecular formula is C15H13BrF5N5S. The largest absolute Gasteiger partial charge is 0.458 e. The van der Waals surface area contributed by atoms with E-state index < -0.39 is 17.7 Å². The van der Waals surface area contributed by atoms with Crippen LogP contribution in [0.5, 0.6) is 0 Å². The highest BCUT2D eigenvalue weighted by Crippen LogP contribution is 2.44. The quantitative estimate of drug-likeness (QED) is 0.402. The Bertz CT molecular complexity index is 1010. The standard InChI is InChI=1S/C15H13BrF5N5S/c1-4-27-12-9(24-13(16)26(12)3)11-23-8-5-7(6-22-10(8)25(11)2)14(17,18)15(19,20)21/h5-6H,4H2,1-3H3. The van der Waals surface area contributed by atoms with Crippen molar-refractivity contribution in [3.63, 3.8) is 0 Å². The van der Waals surface area contributed by atoms with Crippen LogP contribution in [0.2, 0.25) is 0 Å².